The molecule has 2 heterocycles. The molecule has 2 rings (SSSR count). The van der Waals surface area contributed by atoms with E-state index in [1.165, 1.54) is 22.8 Å². The molecule has 2 amide bonds. The van der Waals surface area contributed by atoms with Gasteiger partial charge in [0.15, 0.2) is 6.04 Å². The highest BCUT2D eigenvalue weighted by Crippen LogP contribution is 2.32. The predicted octanol–water partition coefficient (Wildman–Crippen LogP) is 2.01. The molecule has 128 valence electrons. The number of carbonyl (C=O) groups is 1. The molecule has 1 N–H and O–H groups in total. The van der Waals surface area contributed by atoms with Crippen LogP contribution in [-0.4, -0.2) is 53.7 Å². The Morgan fingerprint density at radius 2 is 2.26 bits per heavy atom. The van der Waals surface area contributed by atoms with Crippen molar-refractivity contribution in [3.8, 4) is 0 Å². The number of ether oxygens (including phenoxy) is 1. The number of hydrogen-bond donors (Lipinski definition) is 1. The Bertz CT molecular complexity index is 583. The maximum absolute atomic E-state index is 13.2. The van der Waals surface area contributed by atoms with Gasteiger partial charge in [0.1, 0.15) is 0 Å². The van der Waals surface area contributed by atoms with E-state index >= 15 is 0 Å². The van der Waals surface area contributed by atoms with Crippen LogP contribution in [0.2, 0.25) is 0 Å². The molecule has 0 saturated heterocycles. The number of carbonyl (C=O) groups excluding carboxylic acids is 1. The minimum Gasteiger partial charge on any atom is -0.380 e. The number of nitrogens with one attached hydrogen (secondary N) is 1. The summed E-state index contributed by atoms with van der Waals surface area (Å²) in [4.78, 5) is 13.5. The molecule has 1 aromatic rings. The lowest BCUT2D eigenvalue weighted by Crippen LogP contribution is -2.47. The van der Waals surface area contributed by atoms with Crippen LogP contribution < -0.4 is 5.32 Å². The van der Waals surface area contributed by atoms with Crippen molar-refractivity contribution in [2.75, 3.05) is 26.8 Å². The lowest BCUT2D eigenvalue weighted by atomic mass is 10.1. The largest absolute Gasteiger partial charge is 0.413 e. The van der Waals surface area contributed by atoms with E-state index < -0.39 is 18.2 Å². The maximum Gasteiger partial charge on any atom is 0.413 e. The number of nitrogens with zero attached hydrogens (tertiary/aromatic N) is 3. The van der Waals surface area contributed by atoms with Crippen LogP contribution in [0.4, 0.5) is 18.0 Å². The van der Waals surface area contributed by atoms with Gasteiger partial charge in [-0.1, -0.05) is 6.08 Å². The number of alkyl halides is 3. The molecule has 1 aliphatic rings. The number of amides is 2. The van der Waals surface area contributed by atoms with E-state index in [1.54, 1.807) is 13.2 Å². The summed E-state index contributed by atoms with van der Waals surface area (Å²) in [5.74, 6) is 0. The van der Waals surface area contributed by atoms with Crippen LogP contribution in [-0.2, 0) is 11.8 Å². The van der Waals surface area contributed by atoms with Crippen LogP contribution in [0.1, 0.15) is 18.0 Å². The van der Waals surface area contributed by atoms with Crippen LogP contribution in [0, 0.1) is 0 Å². The summed E-state index contributed by atoms with van der Waals surface area (Å²) in [5, 5.41) is 5.78. The van der Waals surface area contributed by atoms with Gasteiger partial charge in [0.25, 0.3) is 0 Å². The first kappa shape index (κ1) is 17.3. The Kier molecular flexibility index (Phi) is 5.30. The van der Waals surface area contributed by atoms with E-state index in [9.17, 15) is 18.0 Å². The zero-order valence-electron chi connectivity index (χ0n) is 12.9. The zero-order chi connectivity index (χ0) is 17.0. The van der Waals surface area contributed by atoms with Gasteiger partial charge < -0.3 is 15.0 Å². The van der Waals surface area contributed by atoms with Gasteiger partial charge in [-0.05, 0) is 12.0 Å². The molecule has 1 unspecified atom stereocenters. The molecule has 1 aromatic heterocycles. The third kappa shape index (κ3) is 4.47. The van der Waals surface area contributed by atoms with Gasteiger partial charge in [-0.2, -0.15) is 18.3 Å². The highest BCUT2D eigenvalue weighted by molar-refractivity contribution is 5.75. The number of urea groups is 1. The quantitative estimate of drug-likeness (QED) is 0.858. The van der Waals surface area contributed by atoms with E-state index in [1.807, 2.05) is 0 Å². The second-order valence-electron chi connectivity index (χ2n) is 5.36. The average Bonchev–Trinajstić information content (AvgIpc) is 2.90. The topological polar surface area (TPSA) is 59.4 Å². The third-order valence-electron chi connectivity index (χ3n) is 3.57. The summed E-state index contributed by atoms with van der Waals surface area (Å²) in [6.07, 6.45) is 0.145. The van der Waals surface area contributed by atoms with Crippen molar-refractivity contribution in [2.45, 2.75) is 18.6 Å². The molecule has 1 aliphatic heterocycles. The number of hydrogen-bond acceptors (Lipinski definition) is 3. The molecule has 9 heteroatoms. The first-order valence-corrected chi connectivity index (χ1v) is 7.09. The van der Waals surface area contributed by atoms with Crippen molar-refractivity contribution in [1.82, 2.24) is 20.0 Å². The molecule has 0 radical (unpaired) electrons. The first-order chi connectivity index (χ1) is 10.8. The van der Waals surface area contributed by atoms with E-state index in [0.717, 1.165) is 11.8 Å². The number of methoxy groups -OCH3 is 1. The fraction of sp³-hybridized carbons (Fsp3) is 0.571. The molecule has 0 bridgehead atoms. The third-order valence-corrected chi connectivity index (χ3v) is 3.57. The van der Waals surface area contributed by atoms with Crippen molar-refractivity contribution in [1.29, 1.82) is 0 Å². The minimum atomic E-state index is -4.59. The fourth-order valence-electron chi connectivity index (χ4n) is 2.37. The van der Waals surface area contributed by atoms with Crippen LogP contribution in [0.3, 0.4) is 0 Å². The Hall–Kier alpha value is -2.03. The zero-order valence-corrected chi connectivity index (χ0v) is 12.9. The Morgan fingerprint density at radius 3 is 2.74 bits per heavy atom. The minimum absolute atomic E-state index is 0.0963. The SMILES string of the molecule is COCC1=CCN(C(=O)NC(c2cnn(C)c2)C(F)(F)F)CC1. The second kappa shape index (κ2) is 7.03. The Morgan fingerprint density at radius 1 is 1.52 bits per heavy atom. The lowest BCUT2D eigenvalue weighted by Gasteiger charge is -2.29. The van der Waals surface area contributed by atoms with Crippen molar-refractivity contribution < 1.29 is 22.7 Å². The summed E-state index contributed by atoms with van der Waals surface area (Å²) in [6.45, 7) is 1.09. The predicted molar refractivity (Wildman–Crippen MR) is 76.7 cm³/mol. The number of aryl methyl sites for hydroxylation is 1. The lowest BCUT2D eigenvalue weighted by molar-refractivity contribution is -0.155. The van der Waals surface area contributed by atoms with Crippen molar-refractivity contribution in [3.05, 3.63) is 29.6 Å². The summed E-state index contributed by atoms with van der Waals surface area (Å²) < 4.78 is 45.9. The highest BCUT2D eigenvalue weighted by atomic mass is 19.4. The van der Waals surface area contributed by atoms with Gasteiger partial charge in [0, 0.05) is 39.0 Å². The summed E-state index contributed by atoms with van der Waals surface area (Å²) >= 11 is 0. The van der Waals surface area contributed by atoms with Gasteiger partial charge in [-0.3, -0.25) is 4.68 Å². The monoisotopic (exact) mass is 332 g/mol. The Balaban J connectivity index is 2.04. The van der Waals surface area contributed by atoms with Gasteiger partial charge in [0.2, 0.25) is 0 Å². The first-order valence-electron chi connectivity index (χ1n) is 7.09. The van der Waals surface area contributed by atoms with Crippen molar-refractivity contribution in [2.24, 2.45) is 7.05 Å². The molecular formula is C14H19F3N4O2. The fourth-order valence-corrected chi connectivity index (χ4v) is 2.37. The van der Waals surface area contributed by atoms with E-state index in [-0.39, 0.29) is 12.1 Å². The van der Waals surface area contributed by atoms with Gasteiger partial charge in [-0.25, -0.2) is 4.79 Å². The molecule has 0 saturated carbocycles. The molecular weight excluding hydrogens is 313 g/mol. The molecule has 0 aromatic carbocycles. The van der Waals surface area contributed by atoms with Crippen LogP contribution in [0.5, 0.6) is 0 Å². The highest BCUT2D eigenvalue weighted by Gasteiger charge is 2.43. The average molecular weight is 332 g/mol. The summed E-state index contributed by atoms with van der Waals surface area (Å²) in [5.41, 5.74) is 0.942. The molecule has 23 heavy (non-hydrogen) atoms. The molecule has 0 aliphatic carbocycles. The van der Waals surface area contributed by atoms with E-state index in [2.05, 4.69) is 10.4 Å². The molecule has 0 spiro atoms. The maximum atomic E-state index is 13.2. The number of halogens is 3. The molecule has 0 fully saturated rings. The Labute approximate surface area is 131 Å². The molecule has 6 nitrogen and oxygen atoms in total. The second-order valence-corrected chi connectivity index (χ2v) is 5.36. The normalized spacial score (nSPS) is 16.9. The van der Waals surface area contributed by atoms with Crippen molar-refractivity contribution in [3.63, 3.8) is 0 Å². The number of rotatable bonds is 4. The van der Waals surface area contributed by atoms with Gasteiger partial charge in [-0.15, -0.1) is 0 Å². The standard InChI is InChI=1S/C14H19F3N4O2/c1-20-8-11(7-18-20)12(14(15,16)17)19-13(22)21-5-3-10(4-6-21)9-23-2/h3,7-8,12H,4-6,9H2,1-2H3,(H,19,22). The van der Waals surface area contributed by atoms with Crippen molar-refractivity contribution >= 4 is 6.03 Å². The van der Waals surface area contributed by atoms with E-state index in [0.29, 0.717) is 19.6 Å². The van der Waals surface area contributed by atoms with Crippen LogP contribution in [0.25, 0.3) is 0 Å². The number of aromatic nitrogens is 2. The van der Waals surface area contributed by atoms with E-state index in [4.69, 9.17) is 4.74 Å². The van der Waals surface area contributed by atoms with Crippen LogP contribution in [0.15, 0.2) is 24.0 Å². The van der Waals surface area contributed by atoms with Gasteiger partial charge in [0.05, 0.1) is 12.8 Å². The van der Waals surface area contributed by atoms with Gasteiger partial charge >= 0.3 is 12.2 Å². The summed E-state index contributed by atoms with van der Waals surface area (Å²) in [6, 6.07) is -2.82. The van der Waals surface area contributed by atoms with Crippen LogP contribution >= 0.6 is 0 Å². The smallest absolute Gasteiger partial charge is 0.380 e. The summed E-state index contributed by atoms with van der Waals surface area (Å²) in [7, 11) is 3.09. The molecule has 1 atom stereocenters.